The van der Waals surface area contributed by atoms with Gasteiger partial charge < -0.3 is 5.73 Å². The van der Waals surface area contributed by atoms with Crippen LogP contribution >= 0.6 is 0 Å². The molecule has 0 saturated heterocycles. The average molecular weight is 270 g/mol. The van der Waals surface area contributed by atoms with Crippen molar-refractivity contribution in [3.05, 3.63) is 35.4 Å². The van der Waals surface area contributed by atoms with Gasteiger partial charge in [-0.25, -0.2) is 8.78 Å². The zero-order valence-corrected chi connectivity index (χ0v) is 12.4. The highest BCUT2D eigenvalue weighted by atomic mass is 19.2. The average Bonchev–Trinajstić information content (AvgIpc) is 2.33. The molecule has 0 spiro atoms. The lowest BCUT2D eigenvalue weighted by atomic mass is 9.86. The Bertz CT molecular complexity index is 427. The zero-order valence-electron chi connectivity index (χ0n) is 12.4. The highest BCUT2D eigenvalue weighted by molar-refractivity contribution is 5.23. The summed E-state index contributed by atoms with van der Waals surface area (Å²) in [5.74, 6) is -1.63. The third-order valence-corrected chi connectivity index (χ3v) is 3.92. The minimum absolute atomic E-state index is 0.0337. The van der Waals surface area contributed by atoms with E-state index in [1.807, 2.05) is 11.9 Å². The molecule has 2 atom stereocenters. The van der Waals surface area contributed by atoms with Gasteiger partial charge in [-0.1, -0.05) is 32.9 Å². The van der Waals surface area contributed by atoms with Gasteiger partial charge in [0.25, 0.3) is 0 Å². The van der Waals surface area contributed by atoms with E-state index >= 15 is 0 Å². The van der Waals surface area contributed by atoms with Crippen LogP contribution in [0.3, 0.4) is 0 Å². The van der Waals surface area contributed by atoms with Crippen LogP contribution < -0.4 is 5.73 Å². The Labute approximate surface area is 114 Å². The van der Waals surface area contributed by atoms with E-state index in [9.17, 15) is 8.78 Å². The number of rotatable bonds is 4. The fourth-order valence-electron chi connectivity index (χ4n) is 2.17. The first kappa shape index (κ1) is 16.1. The van der Waals surface area contributed by atoms with E-state index in [4.69, 9.17) is 5.73 Å². The van der Waals surface area contributed by atoms with Crippen molar-refractivity contribution in [3.63, 3.8) is 0 Å². The van der Waals surface area contributed by atoms with E-state index < -0.39 is 11.6 Å². The van der Waals surface area contributed by atoms with E-state index in [0.717, 1.165) is 6.07 Å². The predicted molar refractivity (Wildman–Crippen MR) is 74.8 cm³/mol. The van der Waals surface area contributed by atoms with Gasteiger partial charge in [0.1, 0.15) is 0 Å². The van der Waals surface area contributed by atoms with Gasteiger partial charge in [0.15, 0.2) is 11.6 Å². The van der Waals surface area contributed by atoms with Crippen LogP contribution in [-0.2, 0) is 0 Å². The predicted octanol–water partition coefficient (Wildman–Crippen LogP) is 3.33. The van der Waals surface area contributed by atoms with Crippen LogP contribution in [0.2, 0.25) is 0 Å². The quantitative estimate of drug-likeness (QED) is 0.909. The van der Waals surface area contributed by atoms with Crippen molar-refractivity contribution >= 4 is 0 Å². The lowest BCUT2D eigenvalue weighted by Gasteiger charge is -2.40. The standard InChI is InChI=1S/C15H24F2N2/c1-10(15(2,3)4)19(5)13(9-18)11-7-6-8-12(16)14(11)17/h6-8,10,13H,9,18H2,1-5H3. The van der Waals surface area contributed by atoms with Gasteiger partial charge in [0.05, 0.1) is 6.04 Å². The van der Waals surface area contributed by atoms with E-state index in [2.05, 4.69) is 27.7 Å². The van der Waals surface area contributed by atoms with E-state index in [-0.39, 0.29) is 24.0 Å². The maximum absolute atomic E-state index is 13.9. The molecule has 0 bridgehead atoms. The Morgan fingerprint density at radius 3 is 2.32 bits per heavy atom. The molecular weight excluding hydrogens is 246 g/mol. The molecule has 108 valence electrons. The SMILES string of the molecule is CC(N(C)C(CN)c1cccc(F)c1F)C(C)(C)C. The van der Waals surface area contributed by atoms with E-state index in [0.29, 0.717) is 5.56 Å². The molecule has 2 unspecified atom stereocenters. The summed E-state index contributed by atoms with van der Waals surface area (Å²) >= 11 is 0. The van der Waals surface area contributed by atoms with Gasteiger partial charge in [-0.15, -0.1) is 0 Å². The van der Waals surface area contributed by atoms with Gasteiger partial charge in [0.2, 0.25) is 0 Å². The molecule has 0 aliphatic heterocycles. The van der Waals surface area contributed by atoms with Crippen LogP contribution in [-0.4, -0.2) is 24.5 Å². The van der Waals surface area contributed by atoms with Crippen molar-refractivity contribution in [2.24, 2.45) is 11.1 Å². The Morgan fingerprint density at radius 1 is 1.26 bits per heavy atom. The first-order chi connectivity index (χ1) is 8.70. The number of halogens is 2. The first-order valence-corrected chi connectivity index (χ1v) is 6.56. The molecule has 0 fully saturated rings. The molecule has 0 aliphatic rings. The number of nitrogens with zero attached hydrogens (tertiary/aromatic N) is 1. The van der Waals surface area contributed by atoms with Crippen LogP contribution in [0.1, 0.15) is 39.3 Å². The Hall–Kier alpha value is -1.00. The highest BCUT2D eigenvalue weighted by Crippen LogP contribution is 2.30. The van der Waals surface area contributed by atoms with Gasteiger partial charge in [-0.2, -0.15) is 0 Å². The summed E-state index contributed by atoms with van der Waals surface area (Å²) in [5.41, 5.74) is 6.13. The lowest BCUT2D eigenvalue weighted by molar-refractivity contribution is 0.0981. The Balaban J connectivity index is 3.10. The summed E-state index contributed by atoms with van der Waals surface area (Å²) in [6.07, 6.45) is 0. The second-order valence-corrected chi connectivity index (χ2v) is 6.10. The number of hydrogen-bond donors (Lipinski definition) is 1. The molecule has 0 aliphatic carbocycles. The van der Waals surface area contributed by atoms with Crippen LogP contribution in [0.15, 0.2) is 18.2 Å². The summed E-state index contributed by atoms with van der Waals surface area (Å²) < 4.78 is 27.2. The number of likely N-dealkylation sites (N-methyl/N-ethyl adjacent to an activating group) is 1. The Morgan fingerprint density at radius 2 is 1.84 bits per heavy atom. The summed E-state index contributed by atoms with van der Waals surface area (Å²) in [5, 5.41) is 0. The normalized spacial score (nSPS) is 15.6. The first-order valence-electron chi connectivity index (χ1n) is 6.56. The molecule has 1 aromatic carbocycles. The van der Waals surface area contributed by atoms with Crippen molar-refractivity contribution in [1.29, 1.82) is 0 Å². The zero-order chi connectivity index (χ0) is 14.8. The molecule has 19 heavy (non-hydrogen) atoms. The molecule has 0 saturated carbocycles. The third-order valence-electron chi connectivity index (χ3n) is 3.92. The Kier molecular flexibility index (Phi) is 5.04. The van der Waals surface area contributed by atoms with Crippen molar-refractivity contribution in [3.8, 4) is 0 Å². The minimum Gasteiger partial charge on any atom is -0.329 e. The maximum Gasteiger partial charge on any atom is 0.163 e. The molecule has 2 nitrogen and oxygen atoms in total. The summed E-state index contributed by atoms with van der Waals surface area (Å²) in [6.45, 7) is 8.66. The van der Waals surface area contributed by atoms with Crippen molar-refractivity contribution in [1.82, 2.24) is 4.90 Å². The van der Waals surface area contributed by atoms with Crippen LogP contribution in [0.4, 0.5) is 8.78 Å². The molecule has 2 N–H and O–H groups in total. The molecule has 0 aromatic heterocycles. The fourth-order valence-corrected chi connectivity index (χ4v) is 2.17. The second kappa shape index (κ2) is 5.97. The van der Waals surface area contributed by atoms with Crippen LogP contribution in [0.25, 0.3) is 0 Å². The van der Waals surface area contributed by atoms with Crippen LogP contribution in [0.5, 0.6) is 0 Å². The van der Waals surface area contributed by atoms with Crippen molar-refractivity contribution in [2.75, 3.05) is 13.6 Å². The topological polar surface area (TPSA) is 29.3 Å². The van der Waals surface area contributed by atoms with Crippen molar-refractivity contribution < 1.29 is 8.78 Å². The highest BCUT2D eigenvalue weighted by Gasteiger charge is 2.30. The molecular formula is C15H24F2N2. The van der Waals surface area contributed by atoms with E-state index in [1.165, 1.54) is 6.07 Å². The third kappa shape index (κ3) is 3.51. The molecule has 4 heteroatoms. The van der Waals surface area contributed by atoms with Crippen LogP contribution in [0, 0.1) is 17.0 Å². The van der Waals surface area contributed by atoms with Gasteiger partial charge >= 0.3 is 0 Å². The second-order valence-electron chi connectivity index (χ2n) is 6.10. The van der Waals surface area contributed by atoms with E-state index in [1.54, 1.807) is 6.07 Å². The smallest absolute Gasteiger partial charge is 0.163 e. The summed E-state index contributed by atoms with van der Waals surface area (Å²) in [4.78, 5) is 2.01. The number of hydrogen-bond acceptors (Lipinski definition) is 2. The molecule has 1 rings (SSSR count). The molecule has 0 radical (unpaired) electrons. The maximum atomic E-state index is 13.9. The number of benzene rings is 1. The molecule has 1 aromatic rings. The van der Waals surface area contributed by atoms with Gasteiger partial charge in [-0.05, 0) is 25.5 Å². The molecule has 0 amide bonds. The van der Waals surface area contributed by atoms with Gasteiger partial charge in [0, 0.05) is 18.2 Å². The van der Waals surface area contributed by atoms with Gasteiger partial charge in [-0.3, -0.25) is 4.90 Å². The summed E-state index contributed by atoms with van der Waals surface area (Å²) in [6, 6.07) is 4.10. The molecule has 0 heterocycles. The minimum atomic E-state index is -0.826. The largest absolute Gasteiger partial charge is 0.329 e. The summed E-state index contributed by atoms with van der Waals surface area (Å²) in [7, 11) is 1.90. The fraction of sp³-hybridized carbons (Fsp3) is 0.600. The monoisotopic (exact) mass is 270 g/mol. The number of nitrogens with two attached hydrogens (primary N) is 1. The van der Waals surface area contributed by atoms with Crippen molar-refractivity contribution in [2.45, 2.75) is 39.8 Å². The lowest BCUT2D eigenvalue weighted by Crippen LogP contribution is -2.44.